The maximum absolute atomic E-state index is 13.1. The Hall–Kier alpha value is -0.870. The number of benzene rings is 1. The highest BCUT2D eigenvalue weighted by Crippen LogP contribution is 2.30. The monoisotopic (exact) mass is 221 g/mol. The Morgan fingerprint density at radius 1 is 1.29 bits per heavy atom. The molecule has 0 radical (unpaired) electrons. The van der Waals surface area contributed by atoms with Crippen LogP contribution in [0.5, 0.6) is 5.75 Å². The lowest BCUT2D eigenvalue weighted by Gasteiger charge is -2.08. The van der Waals surface area contributed by atoms with Gasteiger partial charge in [-0.3, -0.25) is 0 Å². The molecule has 0 unspecified atom stereocenters. The van der Waals surface area contributed by atoms with E-state index in [1.54, 1.807) is 0 Å². The van der Waals surface area contributed by atoms with Crippen LogP contribution >= 0.6 is 11.6 Å². The highest BCUT2D eigenvalue weighted by Gasteiger charge is 2.12. The van der Waals surface area contributed by atoms with Gasteiger partial charge in [0.25, 0.3) is 0 Å². The summed E-state index contributed by atoms with van der Waals surface area (Å²) in [7, 11) is 0. The molecule has 1 rings (SSSR count). The fourth-order valence-electron chi connectivity index (χ4n) is 0.898. The summed E-state index contributed by atoms with van der Waals surface area (Å²) in [5, 5.41) is -0.331. The Balaban J connectivity index is 2.79. The number of hydrogen-bond donors (Lipinski definition) is 1. The van der Waals surface area contributed by atoms with Crippen molar-refractivity contribution in [2.75, 3.05) is 13.2 Å². The lowest BCUT2D eigenvalue weighted by atomic mass is 10.3. The van der Waals surface area contributed by atoms with Gasteiger partial charge in [-0.15, -0.1) is 0 Å². The van der Waals surface area contributed by atoms with Gasteiger partial charge in [0.1, 0.15) is 10.8 Å². The Morgan fingerprint density at radius 2 is 1.93 bits per heavy atom. The van der Waals surface area contributed by atoms with Gasteiger partial charge in [0, 0.05) is 0 Å². The van der Waals surface area contributed by atoms with Gasteiger partial charge in [0.2, 0.25) is 0 Å². The van der Waals surface area contributed by atoms with Gasteiger partial charge in [0.15, 0.2) is 11.6 Å². The van der Waals surface area contributed by atoms with E-state index in [1.165, 1.54) is 0 Å². The predicted octanol–water partition coefficient (Wildman–Crippen LogP) is 2.35. The van der Waals surface area contributed by atoms with Crippen molar-refractivity contribution in [2.24, 2.45) is 5.73 Å². The number of hydrogen-bond acceptors (Lipinski definition) is 2. The van der Waals surface area contributed by atoms with Crippen molar-refractivity contribution >= 4 is 11.6 Å². The summed E-state index contributed by atoms with van der Waals surface area (Å²) in [5.74, 6) is -1.62. The molecule has 0 fully saturated rings. The van der Waals surface area contributed by atoms with Crippen LogP contribution in [0.15, 0.2) is 12.1 Å². The summed E-state index contributed by atoms with van der Waals surface area (Å²) in [6.07, 6.45) is 0.562. The zero-order valence-corrected chi connectivity index (χ0v) is 8.15. The van der Waals surface area contributed by atoms with Crippen molar-refractivity contribution < 1.29 is 13.5 Å². The van der Waals surface area contributed by atoms with Crippen LogP contribution in [0.3, 0.4) is 0 Å². The number of nitrogens with two attached hydrogens (primary N) is 1. The first-order chi connectivity index (χ1) is 6.66. The summed E-state index contributed by atoms with van der Waals surface area (Å²) in [6, 6.07) is 1.92. The van der Waals surface area contributed by atoms with Crippen molar-refractivity contribution in [3.8, 4) is 5.75 Å². The van der Waals surface area contributed by atoms with Gasteiger partial charge in [-0.05, 0) is 25.1 Å². The van der Waals surface area contributed by atoms with E-state index in [2.05, 4.69) is 0 Å². The Labute approximate surface area is 85.6 Å². The Kier molecular flexibility index (Phi) is 4.10. The fourth-order valence-corrected chi connectivity index (χ4v) is 1.11. The third-order valence-corrected chi connectivity index (χ3v) is 1.95. The minimum absolute atomic E-state index is 0.219. The minimum Gasteiger partial charge on any atom is -0.489 e. The van der Waals surface area contributed by atoms with Crippen LogP contribution < -0.4 is 10.5 Å². The van der Waals surface area contributed by atoms with E-state index in [9.17, 15) is 8.78 Å². The molecule has 14 heavy (non-hydrogen) atoms. The van der Waals surface area contributed by atoms with E-state index in [0.29, 0.717) is 13.0 Å². The van der Waals surface area contributed by atoms with Crippen molar-refractivity contribution in [1.29, 1.82) is 0 Å². The first-order valence-electron chi connectivity index (χ1n) is 4.13. The average Bonchev–Trinajstić information content (AvgIpc) is 2.18. The highest BCUT2D eigenvalue weighted by molar-refractivity contribution is 6.32. The molecule has 0 aliphatic heterocycles. The fraction of sp³-hybridized carbons (Fsp3) is 0.333. The van der Waals surface area contributed by atoms with E-state index >= 15 is 0 Å². The smallest absolute Gasteiger partial charge is 0.176 e. The molecular formula is C9H10ClF2NO. The van der Waals surface area contributed by atoms with E-state index in [0.717, 1.165) is 12.1 Å². The van der Waals surface area contributed by atoms with Crippen LogP contribution in [0.25, 0.3) is 0 Å². The Morgan fingerprint density at radius 3 is 2.57 bits per heavy atom. The molecule has 5 heteroatoms. The quantitative estimate of drug-likeness (QED) is 0.626. The van der Waals surface area contributed by atoms with Crippen LogP contribution in [0, 0.1) is 11.6 Å². The largest absolute Gasteiger partial charge is 0.489 e. The van der Waals surface area contributed by atoms with Crippen molar-refractivity contribution in [1.82, 2.24) is 0 Å². The van der Waals surface area contributed by atoms with Crippen LogP contribution in [0.1, 0.15) is 6.42 Å². The van der Waals surface area contributed by atoms with E-state index in [-0.39, 0.29) is 17.4 Å². The summed E-state index contributed by atoms with van der Waals surface area (Å²) in [5.41, 5.74) is 5.22. The van der Waals surface area contributed by atoms with Gasteiger partial charge in [-0.25, -0.2) is 8.78 Å². The zero-order valence-electron chi connectivity index (χ0n) is 7.40. The Bertz CT molecular complexity index is 320. The summed E-state index contributed by atoms with van der Waals surface area (Å²) in [6.45, 7) is 0.644. The van der Waals surface area contributed by atoms with Crippen molar-refractivity contribution in [2.45, 2.75) is 6.42 Å². The molecule has 1 aromatic carbocycles. The molecule has 0 saturated heterocycles. The van der Waals surface area contributed by atoms with Crippen LogP contribution in [-0.4, -0.2) is 13.2 Å². The second-order valence-electron chi connectivity index (χ2n) is 2.66. The second-order valence-corrected chi connectivity index (χ2v) is 3.04. The number of halogens is 3. The second kappa shape index (κ2) is 5.12. The topological polar surface area (TPSA) is 35.2 Å². The standard InChI is InChI=1S/C9H10ClF2NO/c10-8-6(11)2-3-7(12)9(8)14-5-1-4-13/h2-3H,1,4-5,13H2. The highest BCUT2D eigenvalue weighted by atomic mass is 35.5. The number of rotatable bonds is 4. The first kappa shape index (κ1) is 11.2. The van der Waals surface area contributed by atoms with Gasteiger partial charge < -0.3 is 10.5 Å². The lowest BCUT2D eigenvalue weighted by Crippen LogP contribution is -2.07. The molecule has 1 aromatic rings. The molecule has 0 atom stereocenters. The normalized spacial score (nSPS) is 10.3. The molecule has 0 bridgehead atoms. The maximum Gasteiger partial charge on any atom is 0.176 e. The van der Waals surface area contributed by atoms with Crippen LogP contribution in [-0.2, 0) is 0 Å². The molecule has 0 saturated carbocycles. The molecule has 0 aliphatic rings. The molecule has 2 N–H and O–H groups in total. The SMILES string of the molecule is NCCCOc1c(F)ccc(F)c1Cl. The van der Waals surface area contributed by atoms with Gasteiger partial charge >= 0.3 is 0 Å². The molecule has 0 amide bonds. The van der Waals surface area contributed by atoms with Crippen LogP contribution in [0.2, 0.25) is 5.02 Å². The molecule has 0 aliphatic carbocycles. The van der Waals surface area contributed by atoms with E-state index < -0.39 is 11.6 Å². The number of ether oxygens (including phenoxy) is 1. The molecule has 0 heterocycles. The first-order valence-corrected chi connectivity index (χ1v) is 4.51. The average molecular weight is 222 g/mol. The summed E-state index contributed by atoms with van der Waals surface area (Å²) >= 11 is 5.51. The lowest BCUT2D eigenvalue weighted by molar-refractivity contribution is 0.296. The molecule has 0 aromatic heterocycles. The maximum atomic E-state index is 13.1. The molecule has 78 valence electrons. The van der Waals surface area contributed by atoms with Crippen molar-refractivity contribution in [3.05, 3.63) is 28.8 Å². The minimum atomic E-state index is -0.698. The van der Waals surface area contributed by atoms with Gasteiger partial charge in [-0.1, -0.05) is 11.6 Å². The zero-order chi connectivity index (χ0) is 10.6. The molecule has 0 spiro atoms. The molecular weight excluding hydrogens is 212 g/mol. The predicted molar refractivity (Wildman–Crippen MR) is 50.5 cm³/mol. The third kappa shape index (κ3) is 2.56. The van der Waals surface area contributed by atoms with E-state index in [4.69, 9.17) is 22.1 Å². The van der Waals surface area contributed by atoms with Gasteiger partial charge in [0.05, 0.1) is 6.61 Å². The molecule has 2 nitrogen and oxygen atoms in total. The van der Waals surface area contributed by atoms with Gasteiger partial charge in [-0.2, -0.15) is 0 Å². The van der Waals surface area contributed by atoms with Crippen molar-refractivity contribution in [3.63, 3.8) is 0 Å². The summed E-state index contributed by atoms with van der Waals surface area (Å²) < 4.78 is 30.9. The van der Waals surface area contributed by atoms with E-state index in [1.807, 2.05) is 0 Å². The summed E-state index contributed by atoms with van der Waals surface area (Å²) in [4.78, 5) is 0. The third-order valence-electron chi connectivity index (χ3n) is 1.60. The van der Waals surface area contributed by atoms with Crippen LogP contribution in [0.4, 0.5) is 8.78 Å².